The van der Waals surface area contributed by atoms with Gasteiger partial charge in [-0.2, -0.15) is 5.10 Å². The topological polar surface area (TPSA) is 68.1 Å². The number of nitrogens with one attached hydrogen (secondary N) is 1. The predicted molar refractivity (Wildman–Crippen MR) is 115 cm³/mol. The minimum absolute atomic E-state index is 0.694. The van der Waals surface area contributed by atoms with E-state index >= 15 is 0 Å². The van der Waals surface area contributed by atoms with Gasteiger partial charge in [-0.1, -0.05) is 18.2 Å². The number of hydrogen-bond acceptors (Lipinski definition) is 6. The van der Waals surface area contributed by atoms with Gasteiger partial charge in [-0.05, 0) is 36.4 Å². The zero-order chi connectivity index (χ0) is 19.6. The maximum absolute atomic E-state index is 5.54. The highest BCUT2D eigenvalue weighted by atomic mass is 16.5. The zero-order valence-electron chi connectivity index (χ0n) is 16.2. The van der Waals surface area contributed by atoms with Crippen molar-refractivity contribution in [2.24, 2.45) is 0 Å². The predicted octanol–water partition coefficient (Wildman–Crippen LogP) is 3.36. The lowest BCUT2D eigenvalue weighted by molar-refractivity contribution is 0.122. The molecule has 29 heavy (non-hydrogen) atoms. The lowest BCUT2D eigenvalue weighted by atomic mass is 10.2. The lowest BCUT2D eigenvalue weighted by Crippen LogP contribution is -2.37. The molecule has 0 unspecified atom stereocenters. The normalized spacial score (nSPS) is 14.3. The second-order valence-electron chi connectivity index (χ2n) is 6.93. The van der Waals surface area contributed by atoms with E-state index in [1.54, 1.807) is 0 Å². The van der Waals surface area contributed by atoms with Crippen LogP contribution in [0, 0.1) is 0 Å². The number of nitrogens with zero attached hydrogens (tertiary/aromatic N) is 5. The Labute approximate surface area is 169 Å². The number of ether oxygens (including phenoxy) is 1. The van der Waals surface area contributed by atoms with Crippen LogP contribution in [0.3, 0.4) is 0 Å². The van der Waals surface area contributed by atoms with Crippen molar-refractivity contribution < 1.29 is 4.74 Å². The van der Waals surface area contributed by atoms with Gasteiger partial charge in [0.2, 0.25) is 0 Å². The van der Waals surface area contributed by atoms with Gasteiger partial charge in [0.05, 0.1) is 30.5 Å². The molecule has 146 valence electrons. The molecule has 2 aromatic carbocycles. The minimum atomic E-state index is 0.694. The standard InChI is InChI=1S/C22H22N6O/c1-23-17-9-7-16(8-10-17)20-25-21(27-11-13-29-14-12-27)19-15-24-28(22(19)26-20)18-5-3-2-4-6-18/h2-10,15,23H,11-14H2,1H3. The van der Waals surface area contributed by atoms with E-state index in [4.69, 9.17) is 14.7 Å². The molecular weight excluding hydrogens is 364 g/mol. The first kappa shape index (κ1) is 17.6. The monoisotopic (exact) mass is 386 g/mol. The SMILES string of the molecule is CNc1ccc(-c2nc(N3CCOCC3)c3cnn(-c4ccccc4)c3n2)cc1. The molecule has 2 aromatic heterocycles. The number of rotatable bonds is 4. The van der Waals surface area contributed by atoms with Gasteiger partial charge in [-0.15, -0.1) is 0 Å². The molecule has 0 atom stereocenters. The van der Waals surface area contributed by atoms with Gasteiger partial charge < -0.3 is 15.0 Å². The molecule has 0 aliphatic carbocycles. The van der Waals surface area contributed by atoms with Gasteiger partial charge in [-0.25, -0.2) is 14.6 Å². The average Bonchev–Trinajstić information content (AvgIpc) is 3.24. The summed E-state index contributed by atoms with van der Waals surface area (Å²) in [6.45, 7) is 3.01. The Bertz CT molecular complexity index is 1120. The summed E-state index contributed by atoms with van der Waals surface area (Å²) in [5.74, 6) is 1.60. The van der Waals surface area contributed by atoms with Crippen molar-refractivity contribution in [1.29, 1.82) is 0 Å². The Morgan fingerprint density at radius 2 is 1.69 bits per heavy atom. The first-order valence-corrected chi connectivity index (χ1v) is 9.75. The molecule has 7 heteroatoms. The molecule has 1 aliphatic rings. The van der Waals surface area contributed by atoms with Crippen molar-refractivity contribution in [3.63, 3.8) is 0 Å². The quantitative estimate of drug-likeness (QED) is 0.580. The molecule has 0 bridgehead atoms. The molecule has 1 aliphatic heterocycles. The molecule has 5 rings (SSSR count). The van der Waals surface area contributed by atoms with Gasteiger partial charge >= 0.3 is 0 Å². The summed E-state index contributed by atoms with van der Waals surface area (Å²) in [4.78, 5) is 12.1. The molecule has 3 heterocycles. The van der Waals surface area contributed by atoms with Crippen LogP contribution in [0.2, 0.25) is 0 Å². The Hall–Kier alpha value is -3.45. The van der Waals surface area contributed by atoms with Crippen molar-refractivity contribution in [1.82, 2.24) is 19.7 Å². The van der Waals surface area contributed by atoms with E-state index in [1.807, 2.05) is 72.5 Å². The van der Waals surface area contributed by atoms with E-state index in [0.29, 0.717) is 19.0 Å². The van der Waals surface area contributed by atoms with Crippen LogP contribution in [0.1, 0.15) is 0 Å². The number of benzene rings is 2. The van der Waals surface area contributed by atoms with Crippen molar-refractivity contribution in [2.45, 2.75) is 0 Å². The van der Waals surface area contributed by atoms with Crippen LogP contribution in [0.25, 0.3) is 28.1 Å². The first-order valence-electron chi connectivity index (χ1n) is 9.75. The number of para-hydroxylation sites is 1. The van der Waals surface area contributed by atoms with Gasteiger partial charge in [-0.3, -0.25) is 0 Å². The highest BCUT2D eigenvalue weighted by Crippen LogP contribution is 2.29. The van der Waals surface area contributed by atoms with Crippen LogP contribution >= 0.6 is 0 Å². The molecular formula is C22H22N6O. The summed E-state index contributed by atoms with van der Waals surface area (Å²) in [6, 6.07) is 18.2. The van der Waals surface area contributed by atoms with Gasteiger partial charge in [0.15, 0.2) is 11.5 Å². The van der Waals surface area contributed by atoms with Crippen molar-refractivity contribution in [3.8, 4) is 17.1 Å². The second-order valence-corrected chi connectivity index (χ2v) is 6.93. The molecule has 0 saturated carbocycles. The third-order valence-corrected chi connectivity index (χ3v) is 5.15. The maximum atomic E-state index is 5.54. The third-order valence-electron chi connectivity index (χ3n) is 5.15. The molecule has 7 nitrogen and oxygen atoms in total. The number of morpholine rings is 1. The van der Waals surface area contributed by atoms with E-state index in [-0.39, 0.29) is 0 Å². The summed E-state index contributed by atoms with van der Waals surface area (Å²) in [5.41, 5.74) is 3.81. The summed E-state index contributed by atoms with van der Waals surface area (Å²) >= 11 is 0. The van der Waals surface area contributed by atoms with Crippen LogP contribution in [-0.2, 0) is 4.74 Å². The number of aromatic nitrogens is 4. The van der Waals surface area contributed by atoms with E-state index < -0.39 is 0 Å². The van der Waals surface area contributed by atoms with Gasteiger partial charge in [0.25, 0.3) is 0 Å². The Balaban J connectivity index is 1.70. The average molecular weight is 386 g/mol. The number of fused-ring (bicyclic) bond motifs is 1. The smallest absolute Gasteiger partial charge is 0.169 e. The summed E-state index contributed by atoms with van der Waals surface area (Å²) in [7, 11) is 1.91. The van der Waals surface area contributed by atoms with Crippen LogP contribution in [0.5, 0.6) is 0 Å². The van der Waals surface area contributed by atoms with Crippen molar-refractivity contribution in [3.05, 3.63) is 60.8 Å². The molecule has 1 fully saturated rings. The molecule has 1 N–H and O–H groups in total. The van der Waals surface area contributed by atoms with Crippen LogP contribution in [0.15, 0.2) is 60.8 Å². The molecule has 0 amide bonds. The van der Waals surface area contributed by atoms with Crippen LogP contribution in [-0.4, -0.2) is 53.1 Å². The first-order chi connectivity index (χ1) is 14.3. The Morgan fingerprint density at radius 3 is 2.41 bits per heavy atom. The zero-order valence-corrected chi connectivity index (χ0v) is 16.2. The molecule has 0 spiro atoms. The molecule has 4 aromatic rings. The van der Waals surface area contributed by atoms with E-state index in [9.17, 15) is 0 Å². The van der Waals surface area contributed by atoms with E-state index in [1.165, 1.54) is 0 Å². The fourth-order valence-corrected chi connectivity index (χ4v) is 3.58. The third kappa shape index (κ3) is 3.30. The van der Waals surface area contributed by atoms with E-state index in [2.05, 4.69) is 15.3 Å². The Kier molecular flexibility index (Phi) is 4.57. The van der Waals surface area contributed by atoms with Gasteiger partial charge in [0.1, 0.15) is 5.82 Å². The van der Waals surface area contributed by atoms with Gasteiger partial charge in [0, 0.05) is 31.4 Å². The maximum Gasteiger partial charge on any atom is 0.169 e. The van der Waals surface area contributed by atoms with Crippen LogP contribution in [0.4, 0.5) is 11.5 Å². The summed E-state index contributed by atoms with van der Waals surface area (Å²) in [6.07, 6.45) is 1.86. The number of anilines is 2. The molecule has 1 saturated heterocycles. The van der Waals surface area contributed by atoms with Crippen LogP contribution < -0.4 is 10.2 Å². The lowest BCUT2D eigenvalue weighted by Gasteiger charge is -2.28. The second kappa shape index (κ2) is 7.52. The van der Waals surface area contributed by atoms with Crippen molar-refractivity contribution >= 4 is 22.5 Å². The number of hydrogen-bond donors (Lipinski definition) is 1. The molecule has 0 radical (unpaired) electrons. The van der Waals surface area contributed by atoms with Crippen molar-refractivity contribution in [2.75, 3.05) is 43.6 Å². The van der Waals surface area contributed by atoms with E-state index in [0.717, 1.165) is 46.9 Å². The minimum Gasteiger partial charge on any atom is -0.388 e. The summed E-state index contributed by atoms with van der Waals surface area (Å²) < 4.78 is 7.42. The Morgan fingerprint density at radius 1 is 0.931 bits per heavy atom. The summed E-state index contributed by atoms with van der Waals surface area (Å²) in [5, 5.41) is 8.73. The fraction of sp³-hybridized carbons (Fsp3) is 0.227. The highest BCUT2D eigenvalue weighted by molar-refractivity contribution is 5.89. The largest absolute Gasteiger partial charge is 0.388 e. The highest BCUT2D eigenvalue weighted by Gasteiger charge is 2.21. The fourth-order valence-electron chi connectivity index (χ4n) is 3.58.